The van der Waals surface area contributed by atoms with E-state index in [1.54, 1.807) is 12.1 Å². The maximum absolute atomic E-state index is 15.8. The van der Waals surface area contributed by atoms with Gasteiger partial charge in [-0.2, -0.15) is 0 Å². The Morgan fingerprint density at radius 3 is 2.21 bits per heavy atom. The van der Waals surface area contributed by atoms with Gasteiger partial charge in [0, 0.05) is 11.1 Å². The lowest BCUT2D eigenvalue weighted by Crippen LogP contribution is -2.21. The lowest BCUT2D eigenvalue weighted by atomic mass is 9.82. The van der Waals surface area contributed by atoms with Crippen molar-refractivity contribution >= 4 is 6.08 Å². The van der Waals surface area contributed by atoms with Crippen LogP contribution in [0.4, 0.5) is 17.6 Å². The largest absolute Gasteiger partial charge is 0.317 e. The lowest BCUT2D eigenvalue weighted by Gasteiger charge is -2.19. The molecule has 0 N–H and O–H groups in total. The summed E-state index contributed by atoms with van der Waals surface area (Å²) in [6.07, 6.45) is 9.08. The fraction of sp³-hybridized carbons (Fsp3) is 0.286. The molecule has 1 saturated heterocycles. The van der Waals surface area contributed by atoms with Gasteiger partial charge in [-0.05, 0) is 59.4 Å². The highest BCUT2D eigenvalue weighted by Gasteiger charge is 2.74. The van der Waals surface area contributed by atoms with Crippen LogP contribution in [0.3, 0.4) is 0 Å². The quantitative estimate of drug-likeness (QED) is 0.153. The van der Waals surface area contributed by atoms with Gasteiger partial charge in [-0.25, -0.2) is 17.6 Å². The van der Waals surface area contributed by atoms with Gasteiger partial charge in [-0.15, -0.1) is 0 Å². The Kier molecular flexibility index (Phi) is 5.40. The first-order valence-electron chi connectivity index (χ1n) is 11.3. The fourth-order valence-electron chi connectivity index (χ4n) is 4.70. The van der Waals surface area contributed by atoms with Crippen LogP contribution < -0.4 is 0 Å². The summed E-state index contributed by atoms with van der Waals surface area (Å²) in [6, 6.07) is 15.3. The van der Waals surface area contributed by atoms with Crippen LogP contribution in [0.1, 0.15) is 54.9 Å². The fourth-order valence-corrected chi connectivity index (χ4v) is 4.70. The minimum Gasteiger partial charge on any atom is -0.317 e. The molecule has 33 heavy (non-hydrogen) atoms. The third-order valence-corrected chi connectivity index (χ3v) is 6.65. The summed E-state index contributed by atoms with van der Waals surface area (Å²) >= 11 is 0. The van der Waals surface area contributed by atoms with Crippen LogP contribution in [-0.4, -0.2) is 0 Å². The number of epoxide rings is 1. The summed E-state index contributed by atoms with van der Waals surface area (Å²) in [7, 11) is 0. The number of ether oxygens (including phenoxy) is 1. The van der Waals surface area contributed by atoms with E-state index in [1.165, 1.54) is 37.3 Å². The van der Waals surface area contributed by atoms with Crippen LogP contribution in [0.15, 0.2) is 60.7 Å². The summed E-state index contributed by atoms with van der Waals surface area (Å²) in [6.45, 7) is 2.20. The summed E-state index contributed by atoms with van der Waals surface area (Å²) in [5.41, 5.74) is 2.42. The maximum atomic E-state index is 15.8. The highest BCUT2D eigenvalue weighted by atomic mass is 19.2. The predicted molar refractivity (Wildman–Crippen MR) is 121 cm³/mol. The number of hydrogen-bond donors (Lipinski definition) is 0. The maximum Gasteiger partial charge on any atom is 0.274 e. The molecule has 2 aliphatic rings. The highest BCUT2D eigenvalue weighted by molar-refractivity contribution is 5.73. The summed E-state index contributed by atoms with van der Waals surface area (Å²) in [5, 5.41) is 0. The second kappa shape index (κ2) is 8.14. The molecule has 1 nitrogen and oxygen atoms in total. The zero-order valence-corrected chi connectivity index (χ0v) is 18.3. The van der Waals surface area contributed by atoms with Gasteiger partial charge in [0.25, 0.3) is 5.85 Å². The number of halogens is 4. The molecule has 2 unspecified atom stereocenters. The topological polar surface area (TPSA) is 12.5 Å². The Morgan fingerprint density at radius 2 is 1.52 bits per heavy atom. The molecule has 5 heteroatoms. The Labute approximate surface area is 190 Å². The second-order valence-electron chi connectivity index (χ2n) is 8.83. The van der Waals surface area contributed by atoms with Gasteiger partial charge < -0.3 is 4.74 Å². The van der Waals surface area contributed by atoms with Gasteiger partial charge in [-0.1, -0.05) is 68.7 Å². The van der Waals surface area contributed by atoms with E-state index in [2.05, 4.69) is 31.2 Å². The lowest BCUT2D eigenvalue weighted by molar-refractivity contribution is 0.140. The molecule has 170 valence electrons. The van der Waals surface area contributed by atoms with Crippen molar-refractivity contribution in [3.8, 4) is 11.1 Å². The molecule has 0 aromatic heterocycles. The standard InChI is InChI=1S/C28H24F4O/c1-2-3-4-5-6-18-7-9-19(10-8-18)20-11-12-23-21(15-20)13-14-27(28(23,32)33-27)22-16-24(29)26(31)25(30)17-22/h7-17H,2-6H2,1H3. The van der Waals surface area contributed by atoms with Crippen LogP contribution in [0.25, 0.3) is 17.2 Å². The average molecular weight is 452 g/mol. The number of alkyl halides is 1. The molecule has 0 radical (unpaired) electrons. The van der Waals surface area contributed by atoms with Crippen molar-refractivity contribution in [2.24, 2.45) is 0 Å². The Bertz CT molecular complexity index is 1210. The Morgan fingerprint density at radius 1 is 0.818 bits per heavy atom. The summed E-state index contributed by atoms with van der Waals surface area (Å²) in [4.78, 5) is 0. The van der Waals surface area contributed by atoms with E-state index in [9.17, 15) is 13.2 Å². The molecular formula is C28H24F4O. The van der Waals surface area contributed by atoms with Gasteiger partial charge in [-0.3, -0.25) is 0 Å². The SMILES string of the molecule is CCCCCCc1ccc(-c2ccc3c(c2)C=CC2(c4cc(F)c(F)c(F)c4)OC32F)cc1. The van der Waals surface area contributed by atoms with E-state index < -0.39 is 28.9 Å². The smallest absolute Gasteiger partial charge is 0.274 e. The molecule has 1 fully saturated rings. The first-order chi connectivity index (χ1) is 15.9. The summed E-state index contributed by atoms with van der Waals surface area (Å²) in [5.74, 6) is -6.59. The van der Waals surface area contributed by atoms with Crippen molar-refractivity contribution in [3.05, 3.63) is 100 Å². The Hall–Kier alpha value is -2.92. The van der Waals surface area contributed by atoms with Gasteiger partial charge in [0.1, 0.15) is 0 Å². The third-order valence-electron chi connectivity index (χ3n) is 6.65. The van der Waals surface area contributed by atoms with Crippen molar-refractivity contribution in [1.82, 2.24) is 0 Å². The van der Waals surface area contributed by atoms with Gasteiger partial charge >= 0.3 is 0 Å². The molecule has 1 heterocycles. The van der Waals surface area contributed by atoms with Crippen molar-refractivity contribution in [1.29, 1.82) is 0 Å². The van der Waals surface area contributed by atoms with Crippen LogP contribution in [0, 0.1) is 17.5 Å². The average Bonchev–Trinajstić information content (AvgIpc) is 3.48. The number of unbranched alkanes of at least 4 members (excludes halogenated alkanes) is 3. The predicted octanol–water partition coefficient (Wildman–Crippen LogP) is 7.97. The van der Waals surface area contributed by atoms with E-state index >= 15 is 4.39 Å². The molecule has 1 aliphatic carbocycles. The van der Waals surface area contributed by atoms with Crippen molar-refractivity contribution in [2.45, 2.75) is 50.5 Å². The first kappa shape index (κ1) is 21.9. The second-order valence-corrected chi connectivity index (χ2v) is 8.83. The number of fused-ring (bicyclic) bond motifs is 3. The van der Waals surface area contributed by atoms with E-state index in [0.717, 1.165) is 29.7 Å². The minimum absolute atomic E-state index is 0.0955. The van der Waals surface area contributed by atoms with Crippen LogP contribution in [0.2, 0.25) is 0 Å². The number of benzene rings is 3. The molecule has 0 amide bonds. The molecule has 5 rings (SSSR count). The molecule has 1 aliphatic heterocycles. The van der Waals surface area contributed by atoms with Crippen molar-refractivity contribution < 1.29 is 22.3 Å². The molecule has 0 saturated carbocycles. The van der Waals surface area contributed by atoms with Crippen molar-refractivity contribution in [3.63, 3.8) is 0 Å². The molecule has 3 aromatic rings. The minimum atomic E-state index is -2.26. The zero-order valence-electron chi connectivity index (χ0n) is 18.3. The zero-order chi connectivity index (χ0) is 23.2. The van der Waals surface area contributed by atoms with Crippen LogP contribution in [-0.2, 0) is 22.6 Å². The van der Waals surface area contributed by atoms with E-state index in [0.29, 0.717) is 5.56 Å². The van der Waals surface area contributed by atoms with Crippen molar-refractivity contribution in [2.75, 3.05) is 0 Å². The molecule has 0 spiro atoms. The first-order valence-corrected chi connectivity index (χ1v) is 11.3. The number of hydrogen-bond acceptors (Lipinski definition) is 1. The molecule has 3 aromatic carbocycles. The third kappa shape index (κ3) is 3.59. The number of aryl methyl sites for hydroxylation is 1. The molecular weight excluding hydrogens is 428 g/mol. The summed E-state index contributed by atoms with van der Waals surface area (Å²) < 4.78 is 62.1. The van der Waals surface area contributed by atoms with Gasteiger partial charge in [0.15, 0.2) is 23.1 Å². The van der Waals surface area contributed by atoms with Gasteiger partial charge in [0.2, 0.25) is 0 Å². The van der Waals surface area contributed by atoms with E-state index in [-0.39, 0.29) is 11.1 Å². The normalized spacial score (nSPS) is 22.7. The Balaban J connectivity index is 1.39. The molecule has 2 atom stereocenters. The highest BCUT2D eigenvalue weighted by Crippen LogP contribution is 2.67. The van der Waals surface area contributed by atoms with Crippen LogP contribution in [0.5, 0.6) is 0 Å². The monoisotopic (exact) mass is 452 g/mol. The van der Waals surface area contributed by atoms with Gasteiger partial charge in [0.05, 0.1) is 0 Å². The number of rotatable bonds is 7. The van der Waals surface area contributed by atoms with Crippen LogP contribution >= 0.6 is 0 Å². The molecule has 0 bridgehead atoms. The van der Waals surface area contributed by atoms with E-state index in [4.69, 9.17) is 4.74 Å². The van der Waals surface area contributed by atoms with E-state index in [1.807, 2.05) is 12.1 Å².